The normalized spacial score (nSPS) is 32.3. The van der Waals surface area contributed by atoms with Gasteiger partial charge in [0.1, 0.15) is 0 Å². The van der Waals surface area contributed by atoms with Gasteiger partial charge in [0.2, 0.25) is 5.91 Å². The number of hydrogen-bond donors (Lipinski definition) is 1. The summed E-state index contributed by atoms with van der Waals surface area (Å²) in [4.78, 5) is 11.2. The SMILES string of the molecule is CC(=O)N[C@H]1CCCC[C@@H]1C1CCCCC1. The third kappa shape index (κ3) is 2.99. The van der Waals surface area contributed by atoms with E-state index in [0.29, 0.717) is 6.04 Å². The van der Waals surface area contributed by atoms with Crippen molar-refractivity contribution in [3.05, 3.63) is 0 Å². The average Bonchev–Trinajstić information content (AvgIpc) is 2.30. The van der Waals surface area contributed by atoms with Gasteiger partial charge in [-0.05, 0) is 24.7 Å². The number of amides is 1. The van der Waals surface area contributed by atoms with E-state index in [1.54, 1.807) is 6.92 Å². The topological polar surface area (TPSA) is 29.1 Å². The van der Waals surface area contributed by atoms with Crippen molar-refractivity contribution in [2.75, 3.05) is 0 Å². The molecule has 0 saturated heterocycles. The zero-order valence-corrected chi connectivity index (χ0v) is 10.5. The summed E-state index contributed by atoms with van der Waals surface area (Å²) < 4.78 is 0. The van der Waals surface area contributed by atoms with Crippen molar-refractivity contribution in [1.82, 2.24) is 5.32 Å². The van der Waals surface area contributed by atoms with Crippen molar-refractivity contribution in [2.45, 2.75) is 70.8 Å². The summed E-state index contributed by atoms with van der Waals surface area (Å²) in [5.41, 5.74) is 0. The predicted molar refractivity (Wildman–Crippen MR) is 66.1 cm³/mol. The Kier molecular flexibility index (Phi) is 4.25. The lowest BCUT2D eigenvalue weighted by atomic mass is 9.71. The number of carbonyl (C=O) groups excluding carboxylic acids is 1. The molecular weight excluding hydrogens is 198 g/mol. The fourth-order valence-corrected chi connectivity index (χ4v) is 3.73. The van der Waals surface area contributed by atoms with Gasteiger partial charge in [0.15, 0.2) is 0 Å². The van der Waals surface area contributed by atoms with Crippen LogP contribution in [0.1, 0.15) is 64.7 Å². The van der Waals surface area contributed by atoms with Crippen LogP contribution >= 0.6 is 0 Å². The number of carbonyl (C=O) groups is 1. The summed E-state index contributed by atoms with van der Waals surface area (Å²) in [5, 5.41) is 3.19. The quantitative estimate of drug-likeness (QED) is 0.765. The van der Waals surface area contributed by atoms with Gasteiger partial charge in [0.05, 0.1) is 0 Å². The molecule has 2 saturated carbocycles. The first-order valence-corrected chi connectivity index (χ1v) is 7.04. The molecule has 0 aromatic heterocycles. The molecule has 2 rings (SSSR count). The minimum Gasteiger partial charge on any atom is -0.353 e. The Hall–Kier alpha value is -0.530. The van der Waals surface area contributed by atoms with E-state index in [1.165, 1.54) is 57.8 Å². The Morgan fingerprint density at radius 2 is 1.56 bits per heavy atom. The van der Waals surface area contributed by atoms with Crippen LogP contribution in [0.25, 0.3) is 0 Å². The average molecular weight is 223 g/mol. The molecule has 0 spiro atoms. The Morgan fingerprint density at radius 1 is 0.938 bits per heavy atom. The van der Waals surface area contributed by atoms with Crippen LogP contribution < -0.4 is 5.32 Å². The van der Waals surface area contributed by atoms with Gasteiger partial charge in [-0.3, -0.25) is 4.79 Å². The first kappa shape index (κ1) is 11.9. The first-order valence-electron chi connectivity index (χ1n) is 7.04. The van der Waals surface area contributed by atoms with E-state index < -0.39 is 0 Å². The molecule has 2 fully saturated rings. The second-order valence-corrected chi connectivity index (χ2v) is 5.65. The van der Waals surface area contributed by atoms with Crippen molar-refractivity contribution in [1.29, 1.82) is 0 Å². The number of nitrogens with one attached hydrogen (secondary N) is 1. The highest BCUT2D eigenvalue weighted by molar-refractivity contribution is 5.73. The van der Waals surface area contributed by atoms with Crippen LogP contribution in [0.2, 0.25) is 0 Å². The molecule has 0 bridgehead atoms. The fourth-order valence-electron chi connectivity index (χ4n) is 3.73. The lowest BCUT2D eigenvalue weighted by Crippen LogP contribution is -2.44. The lowest BCUT2D eigenvalue weighted by Gasteiger charge is -2.39. The summed E-state index contributed by atoms with van der Waals surface area (Å²) in [6.07, 6.45) is 12.3. The molecule has 0 aromatic rings. The molecule has 2 nitrogen and oxygen atoms in total. The van der Waals surface area contributed by atoms with Gasteiger partial charge in [0.25, 0.3) is 0 Å². The largest absolute Gasteiger partial charge is 0.353 e. The Balaban J connectivity index is 1.94. The molecule has 16 heavy (non-hydrogen) atoms. The van der Waals surface area contributed by atoms with Gasteiger partial charge >= 0.3 is 0 Å². The maximum atomic E-state index is 11.2. The highest BCUT2D eigenvalue weighted by Crippen LogP contribution is 2.38. The summed E-state index contributed by atoms with van der Waals surface area (Å²) >= 11 is 0. The molecule has 0 aromatic carbocycles. The first-order chi connectivity index (χ1) is 7.77. The second-order valence-electron chi connectivity index (χ2n) is 5.65. The Labute approximate surface area is 99.2 Å². The predicted octanol–water partition coefficient (Wildman–Crippen LogP) is 3.26. The van der Waals surface area contributed by atoms with Crippen molar-refractivity contribution >= 4 is 5.91 Å². The van der Waals surface area contributed by atoms with E-state index in [2.05, 4.69) is 5.32 Å². The number of rotatable bonds is 2. The van der Waals surface area contributed by atoms with Crippen LogP contribution in [-0.4, -0.2) is 11.9 Å². The van der Waals surface area contributed by atoms with E-state index in [-0.39, 0.29) is 5.91 Å². The van der Waals surface area contributed by atoms with Gasteiger partial charge in [-0.2, -0.15) is 0 Å². The maximum Gasteiger partial charge on any atom is 0.217 e. The van der Waals surface area contributed by atoms with Gasteiger partial charge in [0, 0.05) is 13.0 Å². The van der Waals surface area contributed by atoms with Crippen LogP contribution in [0.4, 0.5) is 0 Å². The maximum absolute atomic E-state index is 11.2. The molecule has 0 heterocycles. The van der Waals surface area contributed by atoms with Gasteiger partial charge in [-0.1, -0.05) is 44.9 Å². The van der Waals surface area contributed by atoms with Crippen LogP contribution in [0, 0.1) is 11.8 Å². The van der Waals surface area contributed by atoms with E-state index >= 15 is 0 Å². The second kappa shape index (κ2) is 5.70. The molecule has 0 unspecified atom stereocenters. The van der Waals surface area contributed by atoms with Crippen molar-refractivity contribution < 1.29 is 4.79 Å². The van der Waals surface area contributed by atoms with Crippen LogP contribution in [-0.2, 0) is 4.79 Å². The van der Waals surface area contributed by atoms with Gasteiger partial charge in [-0.15, -0.1) is 0 Å². The summed E-state index contributed by atoms with van der Waals surface area (Å²) in [6, 6.07) is 0.481. The molecular formula is C14H25NO. The smallest absolute Gasteiger partial charge is 0.217 e. The minimum absolute atomic E-state index is 0.160. The van der Waals surface area contributed by atoms with Crippen LogP contribution in [0.3, 0.4) is 0 Å². The van der Waals surface area contributed by atoms with Crippen molar-refractivity contribution in [3.8, 4) is 0 Å². The molecule has 2 heteroatoms. The summed E-state index contributed by atoms with van der Waals surface area (Å²) in [5.74, 6) is 1.83. The Morgan fingerprint density at radius 3 is 2.25 bits per heavy atom. The zero-order chi connectivity index (χ0) is 11.4. The summed E-state index contributed by atoms with van der Waals surface area (Å²) in [6.45, 7) is 1.66. The summed E-state index contributed by atoms with van der Waals surface area (Å²) in [7, 11) is 0. The van der Waals surface area contributed by atoms with E-state index in [1.807, 2.05) is 0 Å². The van der Waals surface area contributed by atoms with Gasteiger partial charge < -0.3 is 5.32 Å². The molecule has 2 aliphatic rings. The minimum atomic E-state index is 0.160. The highest BCUT2D eigenvalue weighted by Gasteiger charge is 2.32. The van der Waals surface area contributed by atoms with E-state index in [4.69, 9.17) is 0 Å². The van der Waals surface area contributed by atoms with Crippen LogP contribution in [0.15, 0.2) is 0 Å². The molecule has 2 aliphatic carbocycles. The molecule has 0 aliphatic heterocycles. The lowest BCUT2D eigenvalue weighted by molar-refractivity contribution is -0.120. The molecule has 92 valence electrons. The number of hydrogen-bond acceptors (Lipinski definition) is 1. The van der Waals surface area contributed by atoms with Crippen molar-refractivity contribution in [3.63, 3.8) is 0 Å². The van der Waals surface area contributed by atoms with Gasteiger partial charge in [-0.25, -0.2) is 0 Å². The fraction of sp³-hybridized carbons (Fsp3) is 0.929. The van der Waals surface area contributed by atoms with Crippen molar-refractivity contribution in [2.24, 2.45) is 11.8 Å². The third-order valence-corrected chi connectivity index (χ3v) is 4.46. The molecule has 1 amide bonds. The molecule has 0 radical (unpaired) electrons. The monoisotopic (exact) mass is 223 g/mol. The molecule has 1 N–H and O–H groups in total. The van der Waals surface area contributed by atoms with E-state index in [9.17, 15) is 4.79 Å². The third-order valence-electron chi connectivity index (χ3n) is 4.46. The van der Waals surface area contributed by atoms with Crippen LogP contribution in [0.5, 0.6) is 0 Å². The standard InChI is InChI=1S/C14H25NO/c1-11(16)15-14-10-6-5-9-13(14)12-7-3-2-4-8-12/h12-14H,2-10H2,1H3,(H,15,16)/t13-,14+/m1/s1. The highest BCUT2D eigenvalue weighted by atomic mass is 16.1. The zero-order valence-electron chi connectivity index (χ0n) is 10.5. The van der Waals surface area contributed by atoms with E-state index in [0.717, 1.165) is 11.8 Å². The molecule has 2 atom stereocenters. The Bertz CT molecular complexity index is 233.